The number of nitrogens with two attached hydrogens (primary N) is 1. The van der Waals surface area contributed by atoms with Crippen LogP contribution in [0.5, 0.6) is 0 Å². The summed E-state index contributed by atoms with van der Waals surface area (Å²) in [4.78, 5) is 18.1. The molecule has 1 aromatic rings. The van der Waals surface area contributed by atoms with E-state index in [4.69, 9.17) is 5.73 Å². The normalized spacial score (nSPS) is 12.8. The molecule has 1 heterocycles. The Labute approximate surface area is 107 Å². The van der Waals surface area contributed by atoms with Gasteiger partial charge in [-0.05, 0) is 12.8 Å². The number of nitrogens with zero attached hydrogens (tertiary/aromatic N) is 2. The van der Waals surface area contributed by atoms with Crippen molar-refractivity contribution in [1.29, 1.82) is 0 Å². The molecular formula is C12H21N3OS. The molecule has 1 amide bonds. The Kier molecular flexibility index (Phi) is 5.08. The van der Waals surface area contributed by atoms with Gasteiger partial charge in [0.1, 0.15) is 5.69 Å². The molecule has 0 aromatic carbocycles. The van der Waals surface area contributed by atoms with Gasteiger partial charge in [-0.2, -0.15) is 0 Å². The third-order valence-corrected chi connectivity index (χ3v) is 3.55. The number of carbonyl (C=O) groups excluding carboxylic acids is 1. The molecule has 96 valence electrons. The van der Waals surface area contributed by atoms with Crippen LogP contribution in [0.2, 0.25) is 0 Å². The number of hydrogen-bond acceptors (Lipinski definition) is 4. The van der Waals surface area contributed by atoms with Crippen molar-refractivity contribution in [1.82, 2.24) is 9.88 Å². The Hall–Kier alpha value is -0.940. The Bertz CT molecular complexity index is 376. The summed E-state index contributed by atoms with van der Waals surface area (Å²) in [6.07, 6.45) is 0.925. The fraction of sp³-hybridized carbons (Fsp3) is 0.667. The highest BCUT2D eigenvalue weighted by atomic mass is 32.1. The van der Waals surface area contributed by atoms with Crippen LogP contribution in [-0.4, -0.2) is 35.4 Å². The molecule has 0 radical (unpaired) electrons. The quantitative estimate of drug-likeness (QED) is 0.872. The molecule has 0 spiro atoms. The maximum Gasteiger partial charge on any atom is 0.273 e. The summed E-state index contributed by atoms with van der Waals surface area (Å²) in [6, 6.07) is 0.0396. The summed E-state index contributed by atoms with van der Waals surface area (Å²) in [7, 11) is 1.77. The average Bonchev–Trinajstić information content (AvgIpc) is 2.73. The largest absolute Gasteiger partial charge is 0.336 e. The van der Waals surface area contributed by atoms with Crippen LogP contribution >= 0.6 is 11.3 Å². The van der Waals surface area contributed by atoms with Crippen LogP contribution in [0.25, 0.3) is 0 Å². The number of carbonyl (C=O) groups is 1. The average molecular weight is 255 g/mol. The minimum absolute atomic E-state index is 0.0396. The molecule has 4 nitrogen and oxygen atoms in total. The van der Waals surface area contributed by atoms with Crippen molar-refractivity contribution in [3.63, 3.8) is 0 Å². The molecule has 1 aromatic heterocycles. The number of aromatic nitrogens is 1. The summed E-state index contributed by atoms with van der Waals surface area (Å²) in [6.45, 7) is 6.68. The predicted molar refractivity (Wildman–Crippen MR) is 71.3 cm³/mol. The van der Waals surface area contributed by atoms with Crippen molar-refractivity contribution in [2.45, 2.75) is 33.2 Å². The maximum atomic E-state index is 12.1. The third-order valence-electron chi connectivity index (χ3n) is 2.68. The summed E-state index contributed by atoms with van der Waals surface area (Å²) < 4.78 is 0. The van der Waals surface area contributed by atoms with E-state index in [0.717, 1.165) is 11.4 Å². The van der Waals surface area contributed by atoms with Gasteiger partial charge < -0.3 is 10.6 Å². The van der Waals surface area contributed by atoms with Crippen molar-refractivity contribution < 1.29 is 4.79 Å². The summed E-state index contributed by atoms with van der Waals surface area (Å²) in [5.41, 5.74) is 6.08. The Morgan fingerprint density at radius 3 is 2.71 bits per heavy atom. The first-order chi connectivity index (χ1) is 7.95. The lowest BCUT2D eigenvalue weighted by molar-refractivity contribution is 0.0743. The highest BCUT2D eigenvalue weighted by molar-refractivity contribution is 7.09. The molecule has 0 aliphatic carbocycles. The first-order valence-electron chi connectivity index (χ1n) is 5.87. The monoisotopic (exact) mass is 255 g/mol. The molecule has 0 fully saturated rings. The minimum atomic E-state index is -0.0470. The van der Waals surface area contributed by atoms with E-state index >= 15 is 0 Å². The van der Waals surface area contributed by atoms with Gasteiger partial charge in [0.25, 0.3) is 5.91 Å². The first kappa shape index (κ1) is 14.1. The van der Waals surface area contributed by atoms with Crippen molar-refractivity contribution >= 4 is 17.2 Å². The van der Waals surface area contributed by atoms with Crippen LogP contribution in [0.15, 0.2) is 5.38 Å². The van der Waals surface area contributed by atoms with Crippen LogP contribution in [0.4, 0.5) is 0 Å². The van der Waals surface area contributed by atoms with Crippen molar-refractivity contribution in [2.75, 3.05) is 13.6 Å². The van der Waals surface area contributed by atoms with Crippen molar-refractivity contribution in [3.05, 3.63) is 16.1 Å². The molecule has 17 heavy (non-hydrogen) atoms. The van der Waals surface area contributed by atoms with Crippen LogP contribution in [0.3, 0.4) is 0 Å². The van der Waals surface area contributed by atoms with Crippen LogP contribution in [0.1, 0.15) is 36.3 Å². The highest BCUT2D eigenvalue weighted by Crippen LogP contribution is 2.15. The zero-order valence-electron chi connectivity index (χ0n) is 10.9. The van der Waals surface area contributed by atoms with Crippen molar-refractivity contribution in [3.8, 4) is 0 Å². The summed E-state index contributed by atoms with van der Waals surface area (Å²) in [5.74, 6) is 0.513. The fourth-order valence-electron chi connectivity index (χ4n) is 1.39. The van der Waals surface area contributed by atoms with Gasteiger partial charge in [-0.25, -0.2) is 4.98 Å². The molecule has 1 rings (SSSR count). The number of rotatable bonds is 5. The van der Waals surface area contributed by atoms with E-state index in [1.54, 1.807) is 23.3 Å². The predicted octanol–water partition coefficient (Wildman–Crippen LogP) is 1.76. The molecule has 2 N–H and O–H groups in total. The molecule has 0 saturated heterocycles. The van der Waals surface area contributed by atoms with E-state index in [-0.39, 0.29) is 11.9 Å². The second-order valence-corrected chi connectivity index (χ2v) is 5.67. The fourth-order valence-corrected chi connectivity index (χ4v) is 2.37. The first-order valence-corrected chi connectivity index (χ1v) is 6.75. The highest BCUT2D eigenvalue weighted by Gasteiger charge is 2.19. The Morgan fingerprint density at radius 2 is 2.18 bits per heavy atom. The molecule has 0 aliphatic heterocycles. The second-order valence-electron chi connectivity index (χ2n) is 4.73. The Balaban J connectivity index is 2.73. The van der Waals surface area contributed by atoms with Crippen LogP contribution in [-0.2, 0) is 6.42 Å². The molecule has 0 aliphatic rings. The second kappa shape index (κ2) is 6.12. The summed E-state index contributed by atoms with van der Waals surface area (Å²) in [5, 5.41) is 2.86. The van der Waals surface area contributed by atoms with Gasteiger partial charge in [0, 0.05) is 31.4 Å². The lowest BCUT2D eigenvalue weighted by atomic mass is 10.1. The summed E-state index contributed by atoms with van der Waals surface area (Å²) >= 11 is 1.55. The van der Waals surface area contributed by atoms with E-state index in [9.17, 15) is 4.79 Å². The van der Waals surface area contributed by atoms with E-state index in [1.165, 1.54) is 0 Å². The SMILES string of the molecule is CC(C)Cc1nc(C(=O)N(C)C(C)CN)cs1. The smallest absolute Gasteiger partial charge is 0.273 e. The zero-order chi connectivity index (χ0) is 13.0. The molecule has 1 unspecified atom stereocenters. The van der Waals surface area contributed by atoms with Gasteiger partial charge >= 0.3 is 0 Å². The minimum Gasteiger partial charge on any atom is -0.336 e. The van der Waals surface area contributed by atoms with Gasteiger partial charge in [-0.15, -0.1) is 11.3 Å². The van der Waals surface area contributed by atoms with E-state index in [1.807, 2.05) is 12.3 Å². The standard InChI is InChI=1S/C12H21N3OS/c1-8(2)5-11-14-10(7-17-11)12(16)15(4)9(3)6-13/h7-9H,5-6,13H2,1-4H3. The third kappa shape index (κ3) is 3.78. The van der Waals surface area contributed by atoms with Gasteiger partial charge in [0.15, 0.2) is 0 Å². The van der Waals surface area contributed by atoms with E-state index in [2.05, 4.69) is 18.8 Å². The number of thiazole rings is 1. The van der Waals surface area contributed by atoms with Gasteiger partial charge in [0.2, 0.25) is 0 Å². The lowest BCUT2D eigenvalue weighted by Crippen LogP contribution is -2.39. The molecular weight excluding hydrogens is 234 g/mol. The van der Waals surface area contributed by atoms with E-state index < -0.39 is 0 Å². The van der Waals surface area contributed by atoms with Gasteiger partial charge in [-0.3, -0.25) is 4.79 Å². The molecule has 0 bridgehead atoms. The van der Waals surface area contributed by atoms with Gasteiger partial charge in [-0.1, -0.05) is 13.8 Å². The lowest BCUT2D eigenvalue weighted by Gasteiger charge is -2.22. The number of hydrogen-bond donors (Lipinski definition) is 1. The number of likely N-dealkylation sites (N-methyl/N-ethyl adjacent to an activating group) is 1. The topological polar surface area (TPSA) is 59.2 Å². The van der Waals surface area contributed by atoms with Crippen LogP contribution in [0, 0.1) is 5.92 Å². The molecule has 1 atom stereocenters. The zero-order valence-corrected chi connectivity index (χ0v) is 11.8. The van der Waals surface area contributed by atoms with E-state index in [0.29, 0.717) is 18.2 Å². The van der Waals surface area contributed by atoms with Crippen LogP contribution < -0.4 is 5.73 Å². The van der Waals surface area contributed by atoms with Gasteiger partial charge in [0.05, 0.1) is 5.01 Å². The van der Waals surface area contributed by atoms with Crippen molar-refractivity contribution in [2.24, 2.45) is 11.7 Å². The Morgan fingerprint density at radius 1 is 1.53 bits per heavy atom. The number of amides is 1. The maximum absolute atomic E-state index is 12.1. The molecule has 0 saturated carbocycles. The molecule has 5 heteroatoms.